The van der Waals surface area contributed by atoms with Crippen molar-refractivity contribution in [2.24, 2.45) is 0 Å². The van der Waals surface area contributed by atoms with Crippen LogP contribution in [-0.2, 0) is 16.6 Å². The quantitative estimate of drug-likeness (QED) is 0.805. The summed E-state index contributed by atoms with van der Waals surface area (Å²) in [5.41, 5.74) is 1.29. The lowest BCUT2D eigenvalue weighted by molar-refractivity contribution is 0.0950. The fraction of sp³-hybridized carbons (Fsp3) is 0.381. The van der Waals surface area contributed by atoms with Crippen LogP contribution in [-0.4, -0.2) is 38.3 Å². The maximum atomic E-state index is 12.9. The van der Waals surface area contributed by atoms with Crippen LogP contribution in [0.1, 0.15) is 42.1 Å². The number of para-hydroxylation sites is 1. The molecule has 0 spiro atoms. The van der Waals surface area contributed by atoms with E-state index in [4.69, 9.17) is 4.74 Å². The van der Waals surface area contributed by atoms with Gasteiger partial charge in [-0.05, 0) is 50.1 Å². The van der Waals surface area contributed by atoms with Crippen molar-refractivity contribution in [3.05, 3.63) is 59.7 Å². The third-order valence-electron chi connectivity index (χ3n) is 5.10. The van der Waals surface area contributed by atoms with Gasteiger partial charge in [-0.1, -0.05) is 24.6 Å². The summed E-state index contributed by atoms with van der Waals surface area (Å²) in [6, 6.07) is 13.6. The molecule has 1 atom stereocenters. The Labute approximate surface area is 166 Å². The fourth-order valence-electron chi connectivity index (χ4n) is 3.47. The average Bonchev–Trinajstić information content (AvgIpc) is 2.72. The summed E-state index contributed by atoms with van der Waals surface area (Å²) in [4.78, 5) is 12.6. The van der Waals surface area contributed by atoms with Gasteiger partial charge >= 0.3 is 0 Å². The van der Waals surface area contributed by atoms with Crippen LogP contribution < -0.4 is 10.1 Å². The van der Waals surface area contributed by atoms with E-state index < -0.39 is 10.0 Å². The molecule has 150 valence electrons. The highest BCUT2D eigenvalue weighted by atomic mass is 32.2. The number of hydrogen-bond donors (Lipinski definition) is 1. The Bertz CT molecular complexity index is 926. The molecule has 1 aliphatic heterocycles. The molecule has 28 heavy (non-hydrogen) atoms. The minimum Gasteiger partial charge on any atom is -0.496 e. The second kappa shape index (κ2) is 8.75. The molecule has 3 rings (SSSR count). The number of carbonyl (C=O) groups is 1. The summed E-state index contributed by atoms with van der Waals surface area (Å²) in [5.74, 6) is 0.445. The minimum absolute atomic E-state index is 0.00239. The molecule has 0 bridgehead atoms. The molecule has 1 amide bonds. The Kier molecular flexibility index (Phi) is 6.36. The van der Waals surface area contributed by atoms with Gasteiger partial charge in [0.05, 0.1) is 12.0 Å². The Hall–Kier alpha value is -2.38. The van der Waals surface area contributed by atoms with Gasteiger partial charge in [-0.15, -0.1) is 0 Å². The lowest BCUT2D eigenvalue weighted by Gasteiger charge is -2.32. The first kappa shape index (κ1) is 20.4. The lowest BCUT2D eigenvalue weighted by Crippen LogP contribution is -2.41. The fourth-order valence-corrected chi connectivity index (χ4v) is 5.17. The number of amides is 1. The highest BCUT2D eigenvalue weighted by molar-refractivity contribution is 7.89. The van der Waals surface area contributed by atoms with Crippen molar-refractivity contribution >= 4 is 15.9 Å². The van der Waals surface area contributed by atoms with E-state index in [0.717, 1.165) is 24.8 Å². The van der Waals surface area contributed by atoms with Crippen LogP contribution in [0.5, 0.6) is 5.75 Å². The van der Waals surface area contributed by atoms with Gasteiger partial charge in [-0.2, -0.15) is 4.31 Å². The SMILES string of the molecule is COc1ccccc1CNC(=O)c1ccc(S(=O)(=O)N2CCCC[C@@H]2C)cc1. The van der Waals surface area contributed by atoms with Gasteiger partial charge in [0.2, 0.25) is 10.0 Å². The summed E-state index contributed by atoms with van der Waals surface area (Å²) in [6.07, 6.45) is 2.81. The van der Waals surface area contributed by atoms with Crippen LogP contribution in [0.2, 0.25) is 0 Å². The Morgan fingerprint density at radius 2 is 1.86 bits per heavy atom. The second-order valence-corrected chi connectivity index (χ2v) is 8.87. The molecule has 6 nitrogen and oxygen atoms in total. The molecule has 7 heteroatoms. The zero-order chi connectivity index (χ0) is 20.1. The van der Waals surface area contributed by atoms with Gasteiger partial charge in [0.1, 0.15) is 5.75 Å². The average molecular weight is 403 g/mol. The van der Waals surface area contributed by atoms with Crippen LogP contribution in [0.3, 0.4) is 0 Å². The zero-order valence-electron chi connectivity index (χ0n) is 16.2. The Balaban J connectivity index is 1.69. The normalized spacial score (nSPS) is 17.9. The molecule has 2 aromatic rings. The van der Waals surface area contributed by atoms with Gasteiger partial charge in [-0.25, -0.2) is 8.42 Å². The summed E-state index contributed by atoms with van der Waals surface area (Å²) >= 11 is 0. The van der Waals surface area contributed by atoms with Crippen molar-refractivity contribution in [3.8, 4) is 5.75 Å². The van der Waals surface area contributed by atoms with Crippen molar-refractivity contribution in [2.75, 3.05) is 13.7 Å². The van der Waals surface area contributed by atoms with Gasteiger partial charge in [0.25, 0.3) is 5.91 Å². The summed E-state index contributed by atoms with van der Waals surface area (Å²) in [5, 5.41) is 2.84. The molecule has 0 unspecified atom stereocenters. The standard InChI is InChI=1S/C21H26N2O4S/c1-16-7-5-6-14-23(16)28(25,26)19-12-10-17(11-13-19)21(24)22-15-18-8-3-4-9-20(18)27-2/h3-4,8-13,16H,5-7,14-15H2,1-2H3,(H,22,24)/t16-/m0/s1. The largest absolute Gasteiger partial charge is 0.496 e. The number of methoxy groups -OCH3 is 1. The van der Waals surface area contributed by atoms with Crippen molar-refractivity contribution < 1.29 is 17.9 Å². The number of carbonyl (C=O) groups excluding carboxylic acids is 1. The summed E-state index contributed by atoms with van der Waals surface area (Å²) < 4.78 is 32.6. The second-order valence-electron chi connectivity index (χ2n) is 6.98. The first-order valence-corrected chi connectivity index (χ1v) is 10.9. The first-order chi connectivity index (χ1) is 13.4. The number of nitrogens with one attached hydrogen (secondary N) is 1. The molecule has 1 fully saturated rings. The minimum atomic E-state index is -3.53. The zero-order valence-corrected chi connectivity index (χ0v) is 17.0. The molecule has 1 heterocycles. The monoisotopic (exact) mass is 402 g/mol. The third kappa shape index (κ3) is 4.36. The number of ether oxygens (including phenoxy) is 1. The van der Waals surface area contributed by atoms with E-state index in [1.165, 1.54) is 12.1 Å². The molecule has 2 aromatic carbocycles. The van der Waals surface area contributed by atoms with Gasteiger partial charge in [0.15, 0.2) is 0 Å². The molecule has 0 radical (unpaired) electrons. The van der Waals surface area contributed by atoms with Crippen molar-refractivity contribution in [1.29, 1.82) is 0 Å². The van der Waals surface area contributed by atoms with Crippen molar-refractivity contribution in [2.45, 2.75) is 43.7 Å². The molecule has 1 N–H and O–H groups in total. The molecule has 1 saturated heterocycles. The number of hydrogen-bond acceptors (Lipinski definition) is 4. The van der Waals surface area contributed by atoms with Gasteiger partial charge < -0.3 is 10.1 Å². The van der Waals surface area contributed by atoms with E-state index in [9.17, 15) is 13.2 Å². The van der Waals surface area contributed by atoms with E-state index in [0.29, 0.717) is 24.4 Å². The highest BCUT2D eigenvalue weighted by Crippen LogP contribution is 2.25. The van der Waals surface area contributed by atoms with Crippen LogP contribution in [0.15, 0.2) is 53.4 Å². The lowest BCUT2D eigenvalue weighted by atomic mass is 10.1. The van der Waals surface area contributed by atoms with Crippen LogP contribution in [0.4, 0.5) is 0 Å². The van der Waals surface area contributed by atoms with Crippen LogP contribution >= 0.6 is 0 Å². The number of piperidine rings is 1. The number of sulfonamides is 1. The number of rotatable bonds is 6. The topological polar surface area (TPSA) is 75.7 Å². The van der Waals surface area contributed by atoms with Crippen LogP contribution in [0, 0.1) is 0 Å². The molecular weight excluding hydrogens is 376 g/mol. The van der Waals surface area contributed by atoms with Crippen molar-refractivity contribution in [1.82, 2.24) is 9.62 Å². The highest BCUT2D eigenvalue weighted by Gasteiger charge is 2.30. The predicted molar refractivity (Wildman–Crippen MR) is 108 cm³/mol. The van der Waals surface area contributed by atoms with E-state index in [-0.39, 0.29) is 16.8 Å². The smallest absolute Gasteiger partial charge is 0.251 e. The molecular formula is C21H26N2O4S. The number of nitrogens with zero attached hydrogens (tertiary/aromatic N) is 1. The van der Waals surface area contributed by atoms with E-state index in [1.807, 2.05) is 31.2 Å². The van der Waals surface area contributed by atoms with Crippen molar-refractivity contribution in [3.63, 3.8) is 0 Å². The third-order valence-corrected chi connectivity index (χ3v) is 7.12. The maximum absolute atomic E-state index is 12.9. The van der Waals surface area contributed by atoms with Gasteiger partial charge in [0, 0.05) is 30.3 Å². The molecule has 0 saturated carbocycles. The predicted octanol–water partition coefficient (Wildman–Crippen LogP) is 3.19. The first-order valence-electron chi connectivity index (χ1n) is 9.45. The van der Waals surface area contributed by atoms with Crippen LogP contribution in [0.25, 0.3) is 0 Å². The number of benzene rings is 2. The summed E-state index contributed by atoms with van der Waals surface area (Å²) in [7, 11) is -1.95. The Morgan fingerprint density at radius 1 is 1.14 bits per heavy atom. The van der Waals surface area contributed by atoms with E-state index in [2.05, 4.69) is 5.32 Å². The van der Waals surface area contributed by atoms with E-state index >= 15 is 0 Å². The maximum Gasteiger partial charge on any atom is 0.251 e. The van der Waals surface area contributed by atoms with Gasteiger partial charge in [-0.3, -0.25) is 4.79 Å². The summed E-state index contributed by atoms with van der Waals surface area (Å²) in [6.45, 7) is 2.81. The molecule has 0 aliphatic carbocycles. The van der Waals surface area contributed by atoms with E-state index in [1.54, 1.807) is 23.5 Å². The Morgan fingerprint density at radius 3 is 2.54 bits per heavy atom. The molecule has 1 aliphatic rings. The molecule has 0 aromatic heterocycles.